The topological polar surface area (TPSA) is 93.8 Å². The van der Waals surface area contributed by atoms with Crippen molar-refractivity contribution in [2.75, 3.05) is 5.32 Å². The summed E-state index contributed by atoms with van der Waals surface area (Å²) < 4.78 is 0. The third-order valence-electron chi connectivity index (χ3n) is 1.84. The van der Waals surface area contributed by atoms with E-state index in [1.54, 1.807) is 12.3 Å². The van der Waals surface area contributed by atoms with Crippen molar-refractivity contribution in [3.63, 3.8) is 0 Å². The minimum Gasteiger partial charge on any atom is -0.334 e. The molecule has 2 heterocycles. The Morgan fingerprint density at radius 1 is 1.25 bits per heavy atom. The highest BCUT2D eigenvalue weighted by atomic mass is 16.6. The molecule has 0 unspecified atom stereocenters. The maximum absolute atomic E-state index is 10.7. The molecule has 0 spiro atoms. The van der Waals surface area contributed by atoms with Crippen LogP contribution in [-0.2, 0) is 0 Å². The molecule has 0 aliphatic carbocycles. The van der Waals surface area contributed by atoms with Gasteiger partial charge in [0.25, 0.3) is 0 Å². The highest BCUT2D eigenvalue weighted by Gasteiger charge is 2.13. The predicted octanol–water partition coefficient (Wildman–Crippen LogP) is 1.52. The predicted molar refractivity (Wildman–Crippen MR) is 56.2 cm³/mol. The zero-order chi connectivity index (χ0) is 11.4. The van der Waals surface area contributed by atoms with Crippen LogP contribution < -0.4 is 5.32 Å². The number of rotatable bonds is 3. The summed E-state index contributed by atoms with van der Waals surface area (Å²) in [6, 6.07) is 3.13. The van der Waals surface area contributed by atoms with Crippen molar-refractivity contribution in [2.24, 2.45) is 0 Å². The second-order valence-corrected chi connectivity index (χ2v) is 2.87. The summed E-state index contributed by atoms with van der Waals surface area (Å²) in [5.41, 5.74) is 0.250. The lowest BCUT2D eigenvalue weighted by Crippen LogP contribution is -1.98. The highest BCUT2D eigenvalue weighted by molar-refractivity contribution is 5.66. The van der Waals surface area contributed by atoms with E-state index >= 15 is 0 Å². The van der Waals surface area contributed by atoms with Crippen LogP contribution in [0.25, 0.3) is 0 Å². The fraction of sp³-hybridized carbons (Fsp3) is 0. The molecular weight excluding hydrogens is 210 g/mol. The lowest BCUT2D eigenvalue weighted by atomic mass is 10.3. The van der Waals surface area contributed by atoms with Crippen molar-refractivity contribution in [1.29, 1.82) is 0 Å². The standard InChI is InChI=1S/C9H7N5O2/c15-14(16)8-5-10-3-1-7(8)13-9-2-4-11-6-12-9/h1-6H,(H,10,11,12,13). The van der Waals surface area contributed by atoms with Crippen molar-refractivity contribution in [3.8, 4) is 0 Å². The van der Waals surface area contributed by atoms with E-state index in [-0.39, 0.29) is 5.69 Å². The summed E-state index contributed by atoms with van der Waals surface area (Å²) in [5.74, 6) is 0.490. The summed E-state index contributed by atoms with van der Waals surface area (Å²) in [6.45, 7) is 0. The fourth-order valence-electron chi connectivity index (χ4n) is 1.14. The smallest absolute Gasteiger partial charge is 0.310 e. The van der Waals surface area contributed by atoms with Crippen LogP contribution in [0, 0.1) is 10.1 Å². The van der Waals surface area contributed by atoms with Gasteiger partial charge in [-0.25, -0.2) is 9.97 Å². The molecule has 0 atom stereocenters. The van der Waals surface area contributed by atoms with E-state index in [4.69, 9.17) is 0 Å². The molecule has 2 aromatic rings. The Balaban J connectivity index is 2.31. The van der Waals surface area contributed by atoms with Crippen molar-refractivity contribution in [2.45, 2.75) is 0 Å². The van der Waals surface area contributed by atoms with Crippen molar-refractivity contribution >= 4 is 17.2 Å². The van der Waals surface area contributed by atoms with Crippen LogP contribution in [0.15, 0.2) is 37.1 Å². The first-order chi connectivity index (χ1) is 7.77. The Bertz CT molecular complexity index is 502. The minimum absolute atomic E-state index is 0.0962. The van der Waals surface area contributed by atoms with Gasteiger partial charge in [0.15, 0.2) is 0 Å². The maximum Gasteiger partial charge on any atom is 0.310 e. The fourth-order valence-corrected chi connectivity index (χ4v) is 1.14. The van der Waals surface area contributed by atoms with Gasteiger partial charge < -0.3 is 5.32 Å². The number of aromatic nitrogens is 3. The molecule has 0 amide bonds. The molecule has 0 saturated heterocycles. The zero-order valence-electron chi connectivity index (χ0n) is 8.07. The number of nitrogens with one attached hydrogen (secondary N) is 1. The van der Waals surface area contributed by atoms with Crippen LogP contribution in [0.5, 0.6) is 0 Å². The maximum atomic E-state index is 10.7. The lowest BCUT2D eigenvalue weighted by molar-refractivity contribution is -0.384. The lowest BCUT2D eigenvalue weighted by Gasteiger charge is -2.04. The van der Waals surface area contributed by atoms with Crippen LogP contribution in [-0.4, -0.2) is 19.9 Å². The Hall–Kier alpha value is -2.57. The van der Waals surface area contributed by atoms with Gasteiger partial charge >= 0.3 is 5.69 Å². The molecule has 0 radical (unpaired) electrons. The molecule has 16 heavy (non-hydrogen) atoms. The molecule has 0 fully saturated rings. The van der Waals surface area contributed by atoms with Gasteiger partial charge in [-0.05, 0) is 12.1 Å². The third-order valence-corrected chi connectivity index (χ3v) is 1.84. The van der Waals surface area contributed by atoms with Crippen LogP contribution in [0.4, 0.5) is 17.2 Å². The summed E-state index contributed by atoms with van der Waals surface area (Å²) in [4.78, 5) is 21.6. The molecular formula is C9H7N5O2. The molecule has 1 N–H and O–H groups in total. The van der Waals surface area contributed by atoms with Crippen molar-refractivity contribution in [1.82, 2.24) is 15.0 Å². The zero-order valence-corrected chi connectivity index (χ0v) is 8.07. The van der Waals surface area contributed by atoms with E-state index in [9.17, 15) is 10.1 Å². The van der Waals surface area contributed by atoms with Gasteiger partial charge in [-0.3, -0.25) is 15.1 Å². The SMILES string of the molecule is O=[N+]([O-])c1cnccc1Nc1ccncn1. The van der Waals surface area contributed by atoms with Crippen LogP contribution in [0.3, 0.4) is 0 Å². The summed E-state index contributed by atoms with van der Waals surface area (Å²) in [6.07, 6.45) is 5.55. The largest absolute Gasteiger partial charge is 0.334 e. The number of nitro groups is 1. The molecule has 7 nitrogen and oxygen atoms in total. The van der Waals surface area contributed by atoms with Crippen molar-refractivity contribution < 1.29 is 4.92 Å². The second-order valence-electron chi connectivity index (χ2n) is 2.87. The third kappa shape index (κ3) is 2.08. The van der Waals surface area contributed by atoms with Crippen LogP contribution >= 0.6 is 0 Å². The highest BCUT2D eigenvalue weighted by Crippen LogP contribution is 2.24. The molecule has 0 aromatic carbocycles. The number of hydrogen-bond acceptors (Lipinski definition) is 6. The molecule has 0 bridgehead atoms. The Labute approximate surface area is 90.4 Å². The summed E-state index contributed by atoms with van der Waals surface area (Å²) in [7, 11) is 0. The average molecular weight is 217 g/mol. The van der Waals surface area contributed by atoms with E-state index in [1.807, 2.05) is 0 Å². The Kier molecular flexibility index (Phi) is 2.68. The first-order valence-electron chi connectivity index (χ1n) is 4.39. The number of pyridine rings is 1. The summed E-state index contributed by atoms with van der Waals surface area (Å²) >= 11 is 0. The van der Waals surface area contributed by atoms with Crippen LogP contribution in [0.2, 0.25) is 0 Å². The number of anilines is 2. The van der Waals surface area contributed by atoms with E-state index in [2.05, 4.69) is 20.3 Å². The molecule has 80 valence electrons. The van der Waals surface area contributed by atoms with Gasteiger partial charge in [0.2, 0.25) is 0 Å². The quantitative estimate of drug-likeness (QED) is 0.618. The number of hydrogen-bond donors (Lipinski definition) is 1. The van der Waals surface area contributed by atoms with E-state index in [0.717, 1.165) is 0 Å². The van der Waals surface area contributed by atoms with Gasteiger partial charge in [-0.2, -0.15) is 0 Å². The average Bonchev–Trinajstić information content (AvgIpc) is 2.31. The van der Waals surface area contributed by atoms with E-state index in [0.29, 0.717) is 11.5 Å². The molecule has 7 heteroatoms. The molecule has 2 aromatic heterocycles. The van der Waals surface area contributed by atoms with Gasteiger partial charge in [0.1, 0.15) is 24.0 Å². The molecule has 2 rings (SSSR count). The van der Waals surface area contributed by atoms with Gasteiger partial charge in [0, 0.05) is 12.4 Å². The monoisotopic (exact) mass is 217 g/mol. The van der Waals surface area contributed by atoms with Gasteiger partial charge in [-0.1, -0.05) is 0 Å². The molecule has 0 aliphatic rings. The van der Waals surface area contributed by atoms with Gasteiger partial charge in [-0.15, -0.1) is 0 Å². The Morgan fingerprint density at radius 2 is 2.06 bits per heavy atom. The normalized spacial score (nSPS) is 9.75. The molecule has 0 saturated carbocycles. The first-order valence-corrected chi connectivity index (χ1v) is 4.39. The second kappa shape index (κ2) is 4.30. The minimum atomic E-state index is -0.503. The van der Waals surface area contributed by atoms with E-state index in [1.165, 1.54) is 24.8 Å². The van der Waals surface area contributed by atoms with Crippen LogP contribution in [0.1, 0.15) is 0 Å². The Morgan fingerprint density at radius 3 is 2.75 bits per heavy atom. The van der Waals surface area contributed by atoms with E-state index < -0.39 is 4.92 Å². The van der Waals surface area contributed by atoms with Crippen molar-refractivity contribution in [3.05, 3.63) is 47.2 Å². The van der Waals surface area contributed by atoms with Gasteiger partial charge in [0.05, 0.1) is 4.92 Å². The molecule has 0 aliphatic heterocycles. The number of nitrogens with zero attached hydrogens (tertiary/aromatic N) is 4. The summed E-state index contributed by atoms with van der Waals surface area (Å²) in [5, 5.41) is 13.5. The first kappa shape index (κ1) is 9.97.